The van der Waals surface area contributed by atoms with Gasteiger partial charge in [-0.25, -0.2) is 4.39 Å². The molecule has 3 nitrogen and oxygen atoms in total. The number of nitrogens with one attached hydrogen (secondary N) is 2. The number of benzene rings is 2. The molecule has 3 rings (SSSR count). The van der Waals surface area contributed by atoms with Crippen LogP contribution in [0.15, 0.2) is 48.5 Å². The summed E-state index contributed by atoms with van der Waals surface area (Å²) in [6.07, 6.45) is 0. The second kappa shape index (κ2) is 5.33. The van der Waals surface area contributed by atoms with Crippen molar-refractivity contribution in [3.63, 3.8) is 0 Å². The Balaban J connectivity index is 1.65. The summed E-state index contributed by atoms with van der Waals surface area (Å²) in [4.78, 5) is 12.2. The van der Waals surface area contributed by atoms with Gasteiger partial charge in [0, 0.05) is 18.8 Å². The highest BCUT2D eigenvalue weighted by Crippen LogP contribution is 2.30. The second-order valence-electron chi connectivity index (χ2n) is 4.87. The molecule has 1 unspecified atom stereocenters. The van der Waals surface area contributed by atoms with Gasteiger partial charge in [-0.15, -0.1) is 0 Å². The molecule has 1 aliphatic heterocycles. The van der Waals surface area contributed by atoms with Gasteiger partial charge in [-0.1, -0.05) is 30.3 Å². The first-order valence-corrected chi connectivity index (χ1v) is 6.59. The zero-order valence-corrected chi connectivity index (χ0v) is 10.9. The summed E-state index contributed by atoms with van der Waals surface area (Å²) in [7, 11) is 0. The molecule has 0 spiro atoms. The van der Waals surface area contributed by atoms with Crippen LogP contribution < -0.4 is 10.6 Å². The summed E-state index contributed by atoms with van der Waals surface area (Å²) in [5, 5.41) is 6.13. The molecule has 0 aliphatic carbocycles. The first-order chi connectivity index (χ1) is 9.74. The SMILES string of the molecule is O=C(NCc1ccc(F)cc1)C1CNc2ccccc21. The van der Waals surface area contributed by atoms with E-state index in [4.69, 9.17) is 0 Å². The molecule has 0 radical (unpaired) electrons. The summed E-state index contributed by atoms with van der Waals surface area (Å²) >= 11 is 0. The summed E-state index contributed by atoms with van der Waals surface area (Å²) in [6.45, 7) is 1.03. The number of hydrogen-bond donors (Lipinski definition) is 2. The molecule has 102 valence electrons. The molecule has 0 fully saturated rings. The highest BCUT2D eigenvalue weighted by molar-refractivity contribution is 5.88. The van der Waals surface area contributed by atoms with E-state index in [0.29, 0.717) is 13.1 Å². The number of anilines is 1. The first-order valence-electron chi connectivity index (χ1n) is 6.59. The molecular weight excluding hydrogens is 255 g/mol. The third-order valence-electron chi connectivity index (χ3n) is 3.53. The van der Waals surface area contributed by atoms with E-state index in [1.807, 2.05) is 24.3 Å². The van der Waals surface area contributed by atoms with E-state index in [1.165, 1.54) is 12.1 Å². The van der Waals surface area contributed by atoms with Crippen LogP contribution in [0.3, 0.4) is 0 Å². The maximum atomic E-state index is 12.8. The van der Waals surface area contributed by atoms with Gasteiger partial charge in [0.2, 0.25) is 5.91 Å². The number of para-hydroxylation sites is 1. The molecule has 4 heteroatoms. The Bertz CT molecular complexity index is 625. The molecule has 0 bridgehead atoms. The van der Waals surface area contributed by atoms with Gasteiger partial charge in [-0.3, -0.25) is 4.79 Å². The predicted octanol–water partition coefficient (Wildman–Crippen LogP) is 2.65. The number of halogens is 1. The van der Waals surface area contributed by atoms with Gasteiger partial charge in [-0.05, 0) is 29.3 Å². The molecule has 0 aromatic heterocycles. The van der Waals surface area contributed by atoms with Crippen molar-refractivity contribution in [3.8, 4) is 0 Å². The summed E-state index contributed by atoms with van der Waals surface area (Å²) in [6, 6.07) is 14.0. The van der Waals surface area contributed by atoms with E-state index in [0.717, 1.165) is 16.8 Å². The molecule has 2 N–H and O–H groups in total. The lowest BCUT2D eigenvalue weighted by Crippen LogP contribution is -2.29. The van der Waals surface area contributed by atoms with Crippen LogP contribution in [0.4, 0.5) is 10.1 Å². The Morgan fingerprint density at radius 1 is 1.20 bits per heavy atom. The van der Waals surface area contributed by atoms with Crippen molar-refractivity contribution in [1.29, 1.82) is 0 Å². The van der Waals surface area contributed by atoms with E-state index in [2.05, 4.69) is 10.6 Å². The van der Waals surface area contributed by atoms with Crippen LogP contribution in [0.1, 0.15) is 17.0 Å². The minimum Gasteiger partial charge on any atom is -0.384 e. The molecule has 1 amide bonds. The van der Waals surface area contributed by atoms with Crippen molar-refractivity contribution in [3.05, 3.63) is 65.5 Å². The fraction of sp³-hybridized carbons (Fsp3) is 0.188. The van der Waals surface area contributed by atoms with Crippen LogP contribution in [0.5, 0.6) is 0 Å². The largest absolute Gasteiger partial charge is 0.384 e. The van der Waals surface area contributed by atoms with Crippen molar-refractivity contribution < 1.29 is 9.18 Å². The number of rotatable bonds is 3. The first kappa shape index (κ1) is 12.7. The van der Waals surface area contributed by atoms with Crippen molar-refractivity contribution in [2.75, 3.05) is 11.9 Å². The van der Waals surface area contributed by atoms with Crippen LogP contribution in [-0.4, -0.2) is 12.5 Å². The molecule has 2 aromatic carbocycles. The lowest BCUT2D eigenvalue weighted by atomic mass is 10.0. The summed E-state index contributed by atoms with van der Waals surface area (Å²) < 4.78 is 12.8. The third-order valence-corrected chi connectivity index (χ3v) is 3.53. The smallest absolute Gasteiger partial charge is 0.229 e. The van der Waals surface area contributed by atoms with E-state index in [-0.39, 0.29) is 17.6 Å². The fourth-order valence-corrected chi connectivity index (χ4v) is 2.43. The van der Waals surface area contributed by atoms with E-state index < -0.39 is 0 Å². The standard InChI is InChI=1S/C16H15FN2O/c17-12-7-5-11(6-8-12)9-19-16(20)14-10-18-15-4-2-1-3-13(14)15/h1-8,14,18H,9-10H2,(H,19,20). The fourth-order valence-electron chi connectivity index (χ4n) is 2.43. The lowest BCUT2D eigenvalue weighted by Gasteiger charge is -2.11. The normalized spacial score (nSPS) is 16.4. The van der Waals surface area contributed by atoms with Crippen molar-refractivity contribution >= 4 is 11.6 Å². The van der Waals surface area contributed by atoms with Crippen LogP contribution in [0.2, 0.25) is 0 Å². The van der Waals surface area contributed by atoms with Crippen LogP contribution >= 0.6 is 0 Å². The number of carbonyl (C=O) groups excluding carboxylic acids is 1. The van der Waals surface area contributed by atoms with E-state index in [9.17, 15) is 9.18 Å². The monoisotopic (exact) mass is 270 g/mol. The molecular formula is C16H15FN2O. The van der Waals surface area contributed by atoms with Gasteiger partial charge in [0.05, 0.1) is 5.92 Å². The number of fused-ring (bicyclic) bond motifs is 1. The van der Waals surface area contributed by atoms with E-state index >= 15 is 0 Å². The summed E-state index contributed by atoms with van der Waals surface area (Å²) in [5.74, 6) is -0.438. The van der Waals surface area contributed by atoms with Gasteiger partial charge >= 0.3 is 0 Å². The minimum absolute atomic E-state index is 0.00762. The quantitative estimate of drug-likeness (QED) is 0.900. The van der Waals surface area contributed by atoms with Crippen LogP contribution in [0, 0.1) is 5.82 Å². The average Bonchev–Trinajstić information content (AvgIpc) is 2.90. The van der Waals surface area contributed by atoms with E-state index in [1.54, 1.807) is 12.1 Å². The molecule has 0 saturated heterocycles. The van der Waals surface area contributed by atoms with Gasteiger partial charge in [0.15, 0.2) is 0 Å². The van der Waals surface area contributed by atoms with Gasteiger partial charge in [-0.2, -0.15) is 0 Å². The second-order valence-corrected chi connectivity index (χ2v) is 4.87. The van der Waals surface area contributed by atoms with Gasteiger partial charge in [0.1, 0.15) is 5.82 Å². The molecule has 1 atom stereocenters. The molecule has 20 heavy (non-hydrogen) atoms. The summed E-state index contributed by atoms with van der Waals surface area (Å²) in [5.41, 5.74) is 2.94. The zero-order chi connectivity index (χ0) is 13.9. The zero-order valence-electron chi connectivity index (χ0n) is 10.9. The Kier molecular flexibility index (Phi) is 3.37. The average molecular weight is 270 g/mol. The van der Waals surface area contributed by atoms with Crippen molar-refractivity contribution in [1.82, 2.24) is 5.32 Å². The number of amides is 1. The number of hydrogen-bond acceptors (Lipinski definition) is 2. The Hall–Kier alpha value is -2.36. The maximum Gasteiger partial charge on any atom is 0.229 e. The molecule has 1 heterocycles. The topological polar surface area (TPSA) is 41.1 Å². The van der Waals surface area contributed by atoms with Crippen molar-refractivity contribution in [2.45, 2.75) is 12.5 Å². The van der Waals surface area contributed by atoms with Crippen LogP contribution in [0.25, 0.3) is 0 Å². The lowest BCUT2D eigenvalue weighted by molar-refractivity contribution is -0.122. The molecule has 1 aliphatic rings. The highest BCUT2D eigenvalue weighted by atomic mass is 19.1. The predicted molar refractivity (Wildman–Crippen MR) is 75.9 cm³/mol. The maximum absolute atomic E-state index is 12.8. The Labute approximate surface area is 116 Å². The third kappa shape index (κ3) is 2.50. The Morgan fingerprint density at radius 3 is 2.75 bits per heavy atom. The van der Waals surface area contributed by atoms with Crippen LogP contribution in [-0.2, 0) is 11.3 Å². The van der Waals surface area contributed by atoms with Gasteiger partial charge < -0.3 is 10.6 Å². The molecule has 2 aromatic rings. The van der Waals surface area contributed by atoms with Gasteiger partial charge in [0.25, 0.3) is 0 Å². The Morgan fingerprint density at radius 2 is 1.95 bits per heavy atom. The minimum atomic E-state index is -0.269. The highest BCUT2D eigenvalue weighted by Gasteiger charge is 2.27. The molecule has 0 saturated carbocycles. The van der Waals surface area contributed by atoms with Crippen molar-refractivity contribution in [2.24, 2.45) is 0 Å². The number of carbonyl (C=O) groups is 1.